The van der Waals surface area contributed by atoms with Gasteiger partial charge in [0.25, 0.3) is 0 Å². The molecule has 1 aliphatic heterocycles. The number of carbonyl (C=O) groups excluding carboxylic acids is 2. The van der Waals surface area contributed by atoms with Crippen LogP contribution >= 0.6 is 0 Å². The van der Waals surface area contributed by atoms with Gasteiger partial charge in [-0.1, -0.05) is 43.2 Å². The molecule has 0 bridgehead atoms. The number of rotatable bonds is 7. The van der Waals surface area contributed by atoms with Crippen LogP contribution in [0.15, 0.2) is 36.4 Å². The van der Waals surface area contributed by atoms with Crippen molar-refractivity contribution in [3.8, 4) is 11.3 Å². The predicted octanol–water partition coefficient (Wildman–Crippen LogP) is 3.53. The van der Waals surface area contributed by atoms with Crippen LogP contribution in [-0.4, -0.2) is 71.1 Å². The van der Waals surface area contributed by atoms with Gasteiger partial charge in [0.2, 0.25) is 11.8 Å². The number of amides is 2. The number of anilines is 1. The molecule has 1 aromatic carbocycles. The first-order valence-electron chi connectivity index (χ1n) is 12.3. The summed E-state index contributed by atoms with van der Waals surface area (Å²) in [5.41, 5.74) is 3.13. The second-order valence-electron chi connectivity index (χ2n) is 9.25. The van der Waals surface area contributed by atoms with Gasteiger partial charge in [-0.05, 0) is 44.7 Å². The molecule has 0 N–H and O–H groups in total. The lowest BCUT2D eigenvalue weighted by Crippen LogP contribution is -2.47. The second-order valence-corrected chi connectivity index (χ2v) is 9.25. The fourth-order valence-corrected chi connectivity index (χ4v) is 4.48. The van der Waals surface area contributed by atoms with E-state index in [0.29, 0.717) is 26.2 Å². The van der Waals surface area contributed by atoms with Crippen molar-refractivity contribution < 1.29 is 9.59 Å². The topological polar surface area (TPSA) is 69.6 Å². The molecule has 2 aromatic rings. The van der Waals surface area contributed by atoms with E-state index in [1.807, 2.05) is 17.0 Å². The Morgan fingerprint density at radius 1 is 0.970 bits per heavy atom. The molecule has 1 saturated heterocycles. The van der Waals surface area contributed by atoms with E-state index in [0.717, 1.165) is 55.7 Å². The standard InChI is InChI=1S/C26H35N5O2/c1-3-14-31(26(33)22-6-4-7-22)19-25(32)30-16-5-15-29(17-18-30)24-13-12-23(27-28-24)21-10-8-20(2)9-11-21/h8-13,22H,3-7,14-19H2,1-2H3. The highest BCUT2D eigenvalue weighted by atomic mass is 16.2. The number of aryl methyl sites for hydroxylation is 1. The zero-order valence-electron chi connectivity index (χ0n) is 19.9. The maximum absolute atomic E-state index is 13.0. The van der Waals surface area contributed by atoms with Crippen LogP contribution in [0.25, 0.3) is 11.3 Å². The maximum Gasteiger partial charge on any atom is 0.242 e. The number of carbonyl (C=O) groups is 2. The van der Waals surface area contributed by atoms with Crippen molar-refractivity contribution in [1.29, 1.82) is 0 Å². The van der Waals surface area contributed by atoms with Gasteiger partial charge in [0.05, 0.1) is 12.2 Å². The van der Waals surface area contributed by atoms with Gasteiger partial charge in [0, 0.05) is 44.2 Å². The van der Waals surface area contributed by atoms with Gasteiger partial charge in [-0.25, -0.2) is 0 Å². The summed E-state index contributed by atoms with van der Waals surface area (Å²) in [6.07, 6.45) is 4.81. The maximum atomic E-state index is 13.0. The minimum atomic E-state index is 0.0544. The van der Waals surface area contributed by atoms with E-state index in [9.17, 15) is 9.59 Å². The summed E-state index contributed by atoms with van der Waals surface area (Å²) in [6, 6.07) is 12.3. The molecular formula is C26H35N5O2. The van der Waals surface area contributed by atoms with E-state index in [1.54, 1.807) is 4.90 Å². The van der Waals surface area contributed by atoms with Gasteiger partial charge < -0.3 is 14.7 Å². The van der Waals surface area contributed by atoms with Gasteiger partial charge >= 0.3 is 0 Å². The minimum Gasteiger partial charge on any atom is -0.353 e. The number of aromatic nitrogens is 2. The Morgan fingerprint density at radius 2 is 1.76 bits per heavy atom. The number of hydrogen-bond acceptors (Lipinski definition) is 5. The zero-order valence-corrected chi connectivity index (χ0v) is 19.9. The Hall–Kier alpha value is -2.96. The first kappa shape index (κ1) is 23.2. The van der Waals surface area contributed by atoms with Crippen LogP contribution in [-0.2, 0) is 9.59 Å². The molecule has 0 unspecified atom stereocenters. The van der Waals surface area contributed by atoms with Crippen molar-refractivity contribution in [3.63, 3.8) is 0 Å². The summed E-state index contributed by atoms with van der Waals surface area (Å²) in [4.78, 5) is 31.6. The molecule has 2 fully saturated rings. The molecule has 0 atom stereocenters. The lowest BCUT2D eigenvalue weighted by atomic mass is 9.84. The molecular weight excluding hydrogens is 414 g/mol. The van der Waals surface area contributed by atoms with Crippen LogP contribution in [0.2, 0.25) is 0 Å². The van der Waals surface area contributed by atoms with E-state index in [1.165, 1.54) is 5.56 Å². The SMILES string of the molecule is CCCN(CC(=O)N1CCCN(c2ccc(-c3ccc(C)cc3)nn2)CC1)C(=O)C1CCC1. The molecule has 33 heavy (non-hydrogen) atoms. The third-order valence-electron chi connectivity index (χ3n) is 6.76. The van der Waals surface area contributed by atoms with Crippen LogP contribution in [0.3, 0.4) is 0 Å². The van der Waals surface area contributed by atoms with Gasteiger partial charge in [0.1, 0.15) is 0 Å². The summed E-state index contributed by atoms with van der Waals surface area (Å²) in [5, 5.41) is 8.89. The predicted molar refractivity (Wildman–Crippen MR) is 130 cm³/mol. The lowest BCUT2D eigenvalue weighted by Gasteiger charge is -2.32. The molecule has 7 heteroatoms. The fourth-order valence-electron chi connectivity index (χ4n) is 4.48. The highest BCUT2D eigenvalue weighted by molar-refractivity contribution is 5.86. The molecule has 7 nitrogen and oxygen atoms in total. The van der Waals surface area contributed by atoms with Gasteiger partial charge in [0.15, 0.2) is 5.82 Å². The van der Waals surface area contributed by atoms with Crippen LogP contribution in [0, 0.1) is 12.8 Å². The summed E-state index contributed by atoms with van der Waals surface area (Å²) in [6.45, 7) is 7.88. The Bertz CT molecular complexity index is 940. The van der Waals surface area contributed by atoms with Gasteiger partial charge in [-0.15, -0.1) is 10.2 Å². The molecule has 0 spiro atoms. The van der Waals surface area contributed by atoms with Crippen molar-refractivity contribution in [2.45, 2.75) is 46.0 Å². The summed E-state index contributed by atoms with van der Waals surface area (Å²) >= 11 is 0. The number of nitrogens with zero attached hydrogens (tertiary/aromatic N) is 5. The highest BCUT2D eigenvalue weighted by Crippen LogP contribution is 2.28. The van der Waals surface area contributed by atoms with Crippen molar-refractivity contribution in [3.05, 3.63) is 42.0 Å². The Labute approximate surface area is 196 Å². The van der Waals surface area contributed by atoms with Crippen LogP contribution in [0.5, 0.6) is 0 Å². The van der Waals surface area contributed by atoms with E-state index in [-0.39, 0.29) is 24.3 Å². The van der Waals surface area contributed by atoms with Crippen LogP contribution in [0.4, 0.5) is 5.82 Å². The third kappa shape index (κ3) is 5.70. The molecule has 2 amide bonds. The fraction of sp³-hybridized carbons (Fsp3) is 0.538. The molecule has 0 radical (unpaired) electrons. The molecule has 1 saturated carbocycles. The first-order valence-corrected chi connectivity index (χ1v) is 12.3. The number of benzene rings is 1. The van der Waals surface area contributed by atoms with Crippen molar-refractivity contribution in [2.75, 3.05) is 44.2 Å². The molecule has 1 aliphatic carbocycles. The molecule has 176 valence electrons. The zero-order chi connectivity index (χ0) is 23.2. The van der Waals surface area contributed by atoms with Gasteiger partial charge in [-0.3, -0.25) is 9.59 Å². The van der Waals surface area contributed by atoms with E-state index < -0.39 is 0 Å². The minimum absolute atomic E-state index is 0.0544. The summed E-state index contributed by atoms with van der Waals surface area (Å²) in [7, 11) is 0. The normalized spacial score (nSPS) is 16.8. The monoisotopic (exact) mass is 449 g/mol. The average molecular weight is 450 g/mol. The van der Waals surface area contributed by atoms with Crippen LogP contribution in [0.1, 0.15) is 44.6 Å². The second kappa shape index (κ2) is 10.8. The van der Waals surface area contributed by atoms with Crippen LogP contribution < -0.4 is 4.90 Å². The van der Waals surface area contributed by atoms with E-state index in [2.05, 4.69) is 53.2 Å². The average Bonchev–Trinajstić information content (AvgIpc) is 3.05. The summed E-state index contributed by atoms with van der Waals surface area (Å²) in [5.74, 6) is 1.19. The van der Waals surface area contributed by atoms with Crippen molar-refractivity contribution in [1.82, 2.24) is 20.0 Å². The van der Waals surface area contributed by atoms with E-state index >= 15 is 0 Å². The van der Waals surface area contributed by atoms with Gasteiger partial charge in [-0.2, -0.15) is 0 Å². The smallest absolute Gasteiger partial charge is 0.242 e. The Balaban J connectivity index is 1.34. The molecule has 2 heterocycles. The largest absolute Gasteiger partial charge is 0.353 e. The number of hydrogen-bond donors (Lipinski definition) is 0. The third-order valence-corrected chi connectivity index (χ3v) is 6.76. The molecule has 2 aliphatic rings. The lowest BCUT2D eigenvalue weighted by molar-refractivity contribution is -0.144. The quantitative estimate of drug-likeness (QED) is 0.647. The summed E-state index contributed by atoms with van der Waals surface area (Å²) < 4.78 is 0. The van der Waals surface area contributed by atoms with E-state index in [4.69, 9.17) is 0 Å². The first-order chi connectivity index (χ1) is 16.0. The molecule has 1 aromatic heterocycles. The Morgan fingerprint density at radius 3 is 2.39 bits per heavy atom. The van der Waals surface area contributed by atoms with Crippen molar-refractivity contribution in [2.24, 2.45) is 5.92 Å². The molecule has 4 rings (SSSR count). The Kier molecular flexibility index (Phi) is 7.57. The highest BCUT2D eigenvalue weighted by Gasteiger charge is 2.31. The van der Waals surface area contributed by atoms with Crippen molar-refractivity contribution >= 4 is 17.6 Å².